The van der Waals surface area contributed by atoms with Gasteiger partial charge in [0.15, 0.2) is 0 Å². The van der Waals surface area contributed by atoms with E-state index >= 15 is 0 Å². The van der Waals surface area contributed by atoms with Crippen LogP contribution in [0.5, 0.6) is 0 Å². The second-order valence-corrected chi connectivity index (χ2v) is 6.61. The molecule has 2 aromatic rings. The van der Waals surface area contributed by atoms with Crippen molar-refractivity contribution in [2.45, 2.75) is 13.8 Å². The number of hydrogen-bond acceptors (Lipinski definition) is 2. The quantitative estimate of drug-likeness (QED) is 0.749. The van der Waals surface area contributed by atoms with Crippen molar-refractivity contribution in [3.8, 4) is 0 Å². The summed E-state index contributed by atoms with van der Waals surface area (Å²) in [6, 6.07) is 12.6. The van der Waals surface area contributed by atoms with Crippen LogP contribution < -0.4 is 5.32 Å². The predicted molar refractivity (Wildman–Crippen MR) is 96.8 cm³/mol. The summed E-state index contributed by atoms with van der Waals surface area (Å²) in [5.74, 6) is 0. The van der Waals surface area contributed by atoms with E-state index < -0.39 is 0 Å². The molecule has 0 saturated heterocycles. The highest BCUT2D eigenvalue weighted by molar-refractivity contribution is 9.10. The first-order valence-electron chi connectivity index (χ1n) is 6.76. The van der Waals surface area contributed by atoms with Crippen molar-refractivity contribution >= 4 is 44.5 Å². The number of fused-ring (bicyclic) bond motifs is 1. The number of hydrogen-bond donors (Lipinski definition) is 1. The summed E-state index contributed by atoms with van der Waals surface area (Å²) in [6.07, 6.45) is 0. The molecule has 2 nitrogen and oxygen atoms in total. The smallest absolute Gasteiger partial charge is 0.102 e. The molecule has 3 rings (SSSR count). The standard InChI is InChI=1S/C17H15BrN2S/c1-10-3-4-12(7-11(10)2)17-14-6-5-13(18)8-15(14)20-16(21)9-19-17/h3-8H,9H2,1-2H3,(H,20,21). The van der Waals surface area contributed by atoms with E-state index in [9.17, 15) is 0 Å². The fourth-order valence-electron chi connectivity index (χ4n) is 2.39. The molecule has 0 fully saturated rings. The zero-order valence-corrected chi connectivity index (χ0v) is 14.3. The summed E-state index contributed by atoms with van der Waals surface area (Å²) in [6.45, 7) is 4.76. The molecular weight excluding hydrogens is 344 g/mol. The average Bonchev–Trinajstić information content (AvgIpc) is 2.60. The molecule has 4 heteroatoms. The number of benzodiazepines with no additional fused rings is 1. The minimum atomic E-state index is 0.518. The van der Waals surface area contributed by atoms with E-state index in [1.165, 1.54) is 11.1 Å². The fraction of sp³-hybridized carbons (Fsp3) is 0.176. The second kappa shape index (κ2) is 5.70. The molecule has 0 aromatic heterocycles. The summed E-state index contributed by atoms with van der Waals surface area (Å²) in [4.78, 5) is 5.46. The summed E-state index contributed by atoms with van der Waals surface area (Å²) in [7, 11) is 0. The normalized spacial score (nSPS) is 14.0. The van der Waals surface area contributed by atoms with Gasteiger partial charge in [0, 0.05) is 21.3 Å². The van der Waals surface area contributed by atoms with Crippen LogP contribution in [0.4, 0.5) is 5.69 Å². The van der Waals surface area contributed by atoms with E-state index in [0.717, 1.165) is 32.0 Å². The van der Waals surface area contributed by atoms with Gasteiger partial charge in [0.25, 0.3) is 0 Å². The Balaban J connectivity index is 2.17. The molecule has 1 heterocycles. The summed E-state index contributed by atoms with van der Waals surface area (Å²) in [5.41, 5.74) is 6.78. The minimum Gasteiger partial charge on any atom is -0.348 e. The molecule has 0 bridgehead atoms. The molecule has 1 aliphatic heterocycles. The van der Waals surface area contributed by atoms with Crippen LogP contribution in [0.25, 0.3) is 0 Å². The van der Waals surface area contributed by atoms with E-state index in [-0.39, 0.29) is 0 Å². The van der Waals surface area contributed by atoms with Gasteiger partial charge in [-0.2, -0.15) is 0 Å². The summed E-state index contributed by atoms with van der Waals surface area (Å²) >= 11 is 8.84. The largest absolute Gasteiger partial charge is 0.348 e. The van der Waals surface area contributed by atoms with Gasteiger partial charge in [-0.25, -0.2) is 0 Å². The second-order valence-electron chi connectivity index (χ2n) is 5.20. The Hall–Kier alpha value is -1.52. The molecule has 0 unspecified atom stereocenters. The predicted octanol–water partition coefficient (Wildman–Crippen LogP) is 4.66. The first-order valence-corrected chi connectivity index (χ1v) is 7.96. The number of benzene rings is 2. The first-order chi connectivity index (χ1) is 10.0. The highest BCUT2D eigenvalue weighted by Crippen LogP contribution is 2.27. The molecule has 0 amide bonds. The number of aliphatic imine (C=N–C) groups is 1. The topological polar surface area (TPSA) is 24.4 Å². The Morgan fingerprint density at radius 2 is 1.90 bits per heavy atom. The molecule has 0 saturated carbocycles. The van der Waals surface area contributed by atoms with Crippen LogP contribution in [0.15, 0.2) is 45.9 Å². The third-order valence-corrected chi connectivity index (χ3v) is 4.40. The van der Waals surface area contributed by atoms with Crippen LogP contribution in [0.1, 0.15) is 22.3 Å². The maximum Gasteiger partial charge on any atom is 0.102 e. The zero-order chi connectivity index (χ0) is 15.0. The molecule has 0 radical (unpaired) electrons. The fourth-order valence-corrected chi connectivity index (χ4v) is 2.92. The number of anilines is 1. The lowest BCUT2D eigenvalue weighted by Gasteiger charge is -2.12. The van der Waals surface area contributed by atoms with Crippen molar-refractivity contribution in [2.75, 3.05) is 11.9 Å². The van der Waals surface area contributed by atoms with Gasteiger partial charge < -0.3 is 5.32 Å². The zero-order valence-electron chi connectivity index (χ0n) is 11.9. The van der Waals surface area contributed by atoms with Crippen LogP contribution in [0, 0.1) is 13.8 Å². The first kappa shape index (κ1) is 14.4. The van der Waals surface area contributed by atoms with Gasteiger partial charge >= 0.3 is 0 Å². The molecule has 106 valence electrons. The van der Waals surface area contributed by atoms with E-state index in [0.29, 0.717) is 6.54 Å². The van der Waals surface area contributed by atoms with E-state index in [2.05, 4.69) is 59.4 Å². The van der Waals surface area contributed by atoms with E-state index in [1.54, 1.807) is 0 Å². The van der Waals surface area contributed by atoms with Crippen molar-refractivity contribution in [1.29, 1.82) is 0 Å². The van der Waals surface area contributed by atoms with Gasteiger partial charge in [0.1, 0.15) is 4.99 Å². The Bertz CT molecular complexity index is 765. The van der Waals surface area contributed by atoms with Crippen molar-refractivity contribution in [1.82, 2.24) is 0 Å². The number of aryl methyl sites for hydroxylation is 2. The highest BCUT2D eigenvalue weighted by Gasteiger charge is 2.17. The lowest BCUT2D eigenvalue weighted by molar-refractivity contribution is 1.30. The monoisotopic (exact) mass is 358 g/mol. The average molecular weight is 359 g/mol. The molecule has 0 spiro atoms. The van der Waals surface area contributed by atoms with Gasteiger partial charge in [0.2, 0.25) is 0 Å². The van der Waals surface area contributed by atoms with Crippen molar-refractivity contribution in [3.63, 3.8) is 0 Å². The number of rotatable bonds is 1. The lowest BCUT2D eigenvalue weighted by Crippen LogP contribution is -2.10. The molecule has 0 aliphatic carbocycles. The van der Waals surface area contributed by atoms with Crippen LogP contribution in [0.3, 0.4) is 0 Å². The van der Waals surface area contributed by atoms with Gasteiger partial charge in [-0.15, -0.1) is 0 Å². The third kappa shape index (κ3) is 2.92. The summed E-state index contributed by atoms with van der Waals surface area (Å²) in [5, 5.41) is 3.28. The van der Waals surface area contributed by atoms with Gasteiger partial charge in [0.05, 0.1) is 12.3 Å². The van der Waals surface area contributed by atoms with Crippen LogP contribution in [-0.2, 0) is 0 Å². The van der Waals surface area contributed by atoms with Crippen molar-refractivity contribution in [3.05, 3.63) is 63.1 Å². The maximum absolute atomic E-state index is 5.33. The molecule has 2 aromatic carbocycles. The van der Waals surface area contributed by atoms with Crippen LogP contribution in [-0.4, -0.2) is 17.2 Å². The Morgan fingerprint density at radius 3 is 2.67 bits per heavy atom. The van der Waals surface area contributed by atoms with Crippen LogP contribution in [0.2, 0.25) is 0 Å². The van der Waals surface area contributed by atoms with Gasteiger partial charge in [-0.3, -0.25) is 4.99 Å². The molecule has 1 N–H and O–H groups in total. The third-order valence-electron chi connectivity index (χ3n) is 3.67. The molecular formula is C17H15BrN2S. The van der Waals surface area contributed by atoms with Crippen molar-refractivity contribution < 1.29 is 0 Å². The highest BCUT2D eigenvalue weighted by atomic mass is 79.9. The van der Waals surface area contributed by atoms with Crippen LogP contribution >= 0.6 is 28.1 Å². The summed E-state index contributed by atoms with van der Waals surface area (Å²) < 4.78 is 1.03. The number of nitrogens with one attached hydrogen (secondary N) is 1. The van der Waals surface area contributed by atoms with E-state index in [4.69, 9.17) is 17.2 Å². The Kier molecular flexibility index (Phi) is 3.91. The Morgan fingerprint density at radius 1 is 1.10 bits per heavy atom. The molecule has 1 aliphatic rings. The number of halogens is 1. The SMILES string of the molecule is Cc1ccc(C2=NCC(=S)Nc3cc(Br)ccc32)cc1C. The Labute approximate surface area is 138 Å². The van der Waals surface area contributed by atoms with E-state index in [1.807, 2.05) is 12.1 Å². The number of nitrogens with zero attached hydrogens (tertiary/aromatic N) is 1. The maximum atomic E-state index is 5.33. The van der Waals surface area contributed by atoms with Gasteiger partial charge in [-0.1, -0.05) is 40.3 Å². The molecule has 0 atom stereocenters. The minimum absolute atomic E-state index is 0.518. The molecule has 21 heavy (non-hydrogen) atoms. The number of thiocarbonyl (C=S) groups is 1. The lowest BCUT2D eigenvalue weighted by atomic mass is 9.97. The van der Waals surface area contributed by atoms with Crippen molar-refractivity contribution in [2.24, 2.45) is 4.99 Å². The van der Waals surface area contributed by atoms with Gasteiger partial charge in [-0.05, 0) is 49.2 Å².